The summed E-state index contributed by atoms with van der Waals surface area (Å²) in [5.41, 5.74) is 1.16. The van der Waals surface area contributed by atoms with E-state index in [2.05, 4.69) is 4.99 Å². The van der Waals surface area contributed by atoms with Crippen LogP contribution in [0.25, 0.3) is 0 Å². The summed E-state index contributed by atoms with van der Waals surface area (Å²) in [6.45, 7) is 4.77. The molecule has 1 aromatic carbocycles. The number of nitrogens with zero attached hydrogens (tertiary/aromatic N) is 1. The summed E-state index contributed by atoms with van der Waals surface area (Å²) in [7, 11) is 0. The number of esters is 1. The Morgan fingerprint density at radius 1 is 1.25 bits per heavy atom. The molecule has 0 aliphatic carbocycles. The summed E-state index contributed by atoms with van der Waals surface area (Å²) in [6, 6.07) is 6.61. The minimum absolute atomic E-state index is 0.00231. The van der Waals surface area contributed by atoms with Crippen LogP contribution in [0.5, 0.6) is 0 Å². The number of benzene rings is 1. The van der Waals surface area contributed by atoms with Crippen molar-refractivity contribution in [1.29, 1.82) is 0 Å². The van der Waals surface area contributed by atoms with Crippen molar-refractivity contribution in [3.8, 4) is 0 Å². The van der Waals surface area contributed by atoms with E-state index in [1.54, 1.807) is 31.2 Å². The Morgan fingerprint density at radius 3 is 2.30 bits per heavy atom. The molecule has 106 valence electrons. The molecule has 20 heavy (non-hydrogen) atoms. The van der Waals surface area contributed by atoms with E-state index in [0.717, 1.165) is 0 Å². The number of rotatable bonds is 5. The number of carbonyl (C=O) groups is 2. The second-order valence-corrected chi connectivity index (χ2v) is 4.08. The lowest BCUT2D eigenvalue weighted by molar-refractivity contribution is -0.138. The second kappa shape index (κ2) is 7.23. The van der Waals surface area contributed by atoms with Crippen molar-refractivity contribution in [1.82, 2.24) is 0 Å². The molecule has 0 unspecified atom stereocenters. The first-order valence-electron chi connectivity index (χ1n) is 6.17. The third kappa shape index (κ3) is 4.35. The topological polar surface area (TPSA) is 76.0 Å². The van der Waals surface area contributed by atoms with Gasteiger partial charge in [0.2, 0.25) is 0 Å². The smallest absolute Gasteiger partial charge is 0.343 e. The maximum Gasteiger partial charge on any atom is 0.343 e. The predicted molar refractivity (Wildman–Crippen MR) is 76.6 cm³/mol. The quantitative estimate of drug-likeness (QED) is 0.295. The van der Waals surface area contributed by atoms with Gasteiger partial charge in [-0.1, -0.05) is 0 Å². The molecule has 1 rings (SSSR count). The zero-order valence-corrected chi connectivity index (χ0v) is 11.7. The van der Waals surface area contributed by atoms with Crippen molar-refractivity contribution in [2.45, 2.75) is 20.8 Å². The summed E-state index contributed by atoms with van der Waals surface area (Å²) < 4.78 is 4.81. The van der Waals surface area contributed by atoms with Crippen LogP contribution in [0, 0.1) is 0 Å². The number of hydrogen-bond acceptors (Lipinski definition) is 5. The van der Waals surface area contributed by atoms with Gasteiger partial charge in [0, 0.05) is 11.8 Å². The number of carbonyl (C=O) groups excluding carboxylic acids is 2. The van der Waals surface area contributed by atoms with Gasteiger partial charge in [-0.25, -0.2) is 4.79 Å². The van der Waals surface area contributed by atoms with Crippen molar-refractivity contribution in [3.63, 3.8) is 0 Å². The molecule has 0 saturated carbocycles. The number of aliphatic hydroxyl groups excluding tert-OH is 1. The van der Waals surface area contributed by atoms with Gasteiger partial charge in [-0.05, 0) is 45.0 Å². The van der Waals surface area contributed by atoms with E-state index in [-0.39, 0.29) is 23.7 Å². The number of aliphatic hydroxyl groups is 1. The zero-order chi connectivity index (χ0) is 15.1. The molecule has 0 aliphatic heterocycles. The molecule has 0 radical (unpaired) electrons. The molecule has 0 bridgehead atoms. The number of ether oxygens (including phenoxy) is 1. The maximum absolute atomic E-state index is 11.6. The Hall–Kier alpha value is -2.43. The Balaban J connectivity index is 2.92. The summed E-state index contributed by atoms with van der Waals surface area (Å²) >= 11 is 0. The molecule has 1 N–H and O–H groups in total. The molecule has 0 heterocycles. The van der Waals surface area contributed by atoms with Gasteiger partial charge < -0.3 is 9.84 Å². The third-order valence-electron chi connectivity index (χ3n) is 2.50. The van der Waals surface area contributed by atoms with E-state index >= 15 is 0 Å². The van der Waals surface area contributed by atoms with Gasteiger partial charge in [0.25, 0.3) is 0 Å². The van der Waals surface area contributed by atoms with Crippen LogP contribution in [0.15, 0.2) is 40.6 Å². The highest BCUT2D eigenvalue weighted by Gasteiger charge is 2.11. The first-order chi connectivity index (χ1) is 9.45. The van der Waals surface area contributed by atoms with Gasteiger partial charge in [-0.2, -0.15) is 0 Å². The van der Waals surface area contributed by atoms with Gasteiger partial charge in [-0.3, -0.25) is 9.79 Å². The Labute approximate surface area is 117 Å². The summed E-state index contributed by atoms with van der Waals surface area (Å²) in [6.07, 6.45) is 1.25. The fourth-order valence-electron chi connectivity index (χ4n) is 1.42. The fraction of sp³-hybridized carbons (Fsp3) is 0.267. The van der Waals surface area contributed by atoms with E-state index in [1.807, 2.05) is 0 Å². The molecular formula is C15H17NO4. The van der Waals surface area contributed by atoms with Crippen LogP contribution in [0.3, 0.4) is 0 Å². The van der Waals surface area contributed by atoms with Crippen molar-refractivity contribution in [2.24, 2.45) is 4.99 Å². The molecule has 0 atom stereocenters. The minimum atomic E-state index is -0.628. The van der Waals surface area contributed by atoms with Crippen molar-refractivity contribution in [3.05, 3.63) is 41.2 Å². The van der Waals surface area contributed by atoms with E-state index < -0.39 is 5.97 Å². The molecule has 0 fully saturated rings. The van der Waals surface area contributed by atoms with E-state index in [4.69, 9.17) is 4.74 Å². The van der Waals surface area contributed by atoms with Gasteiger partial charge in [-0.15, -0.1) is 0 Å². The SMILES string of the molecule is CCOC(=O)/C(C=Nc1ccc(C(C)=O)cc1)=C(/C)O. The second-order valence-electron chi connectivity index (χ2n) is 4.08. The van der Waals surface area contributed by atoms with Crippen molar-refractivity contribution < 1.29 is 19.4 Å². The van der Waals surface area contributed by atoms with Crippen LogP contribution in [0.4, 0.5) is 5.69 Å². The van der Waals surface area contributed by atoms with Crippen LogP contribution >= 0.6 is 0 Å². The Morgan fingerprint density at radius 2 is 1.85 bits per heavy atom. The zero-order valence-electron chi connectivity index (χ0n) is 11.7. The summed E-state index contributed by atoms with van der Waals surface area (Å²) in [4.78, 5) is 26.8. The first-order valence-corrected chi connectivity index (χ1v) is 6.17. The highest BCUT2D eigenvalue weighted by Crippen LogP contribution is 2.14. The Kier molecular flexibility index (Phi) is 5.65. The van der Waals surface area contributed by atoms with Gasteiger partial charge in [0.05, 0.1) is 12.3 Å². The average Bonchev–Trinajstić information content (AvgIpc) is 2.39. The van der Waals surface area contributed by atoms with Crippen molar-refractivity contribution >= 4 is 23.7 Å². The average molecular weight is 275 g/mol. The molecule has 0 spiro atoms. The van der Waals surface area contributed by atoms with Gasteiger partial charge in [0.15, 0.2) is 5.78 Å². The largest absolute Gasteiger partial charge is 0.512 e. The number of aliphatic imine (C=N–C) groups is 1. The van der Waals surface area contributed by atoms with E-state index in [1.165, 1.54) is 20.1 Å². The van der Waals surface area contributed by atoms with Crippen LogP contribution in [-0.2, 0) is 9.53 Å². The lowest BCUT2D eigenvalue weighted by atomic mass is 10.1. The number of hydrogen-bond donors (Lipinski definition) is 1. The standard InChI is InChI=1S/C15H17NO4/c1-4-20-15(19)14(11(3)18)9-16-13-7-5-12(6-8-13)10(2)17/h5-9,18H,4H2,1-3H3/b14-11-,16-9?. The van der Waals surface area contributed by atoms with Crippen LogP contribution in [-0.4, -0.2) is 29.7 Å². The van der Waals surface area contributed by atoms with E-state index in [9.17, 15) is 14.7 Å². The highest BCUT2D eigenvalue weighted by molar-refractivity contribution is 6.10. The Bertz CT molecular complexity index is 552. The van der Waals surface area contributed by atoms with Gasteiger partial charge in [0.1, 0.15) is 11.3 Å². The minimum Gasteiger partial charge on any atom is -0.512 e. The summed E-state index contributed by atoms with van der Waals surface area (Å²) in [5.74, 6) is -0.817. The molecule has 0 amide bonds. The van der Waals surface area contributed by atoms with E-state index in [0.29, 0.717) is 11.3 Å². The normalized spacial score (nSPS) is 12.2. The monoisotopic (exact) mass is 275 g/mol. The molecular weight excluding hydrogens is 258 g/mol. The molecule has 0 aliphatic rings. The molecule has 5 heteroatoms. The molecule has 1 aromatic rings. The number of allylic oxidation sites excluding steroid dienone is 1. The maximum atomic E-state index is 11.6. The third-order valence-corrected chi connectivity index (χ3v) is 2.50. The number of Topliss-reactive ketones (excluding diaryl/α,β-unsaturated/α-hetero) is 1. The predicted octanol–water partition coefficient (Wildman–Crippen LogP) is 2.99. The molecule has 0 aromatic heterocycles. The van der Waals surface area contributed by atoms with Crippen molar-refractivity contribution in [2.75, 3.05) is 6.61 Å². The number of ketones is 1. The molecule has 0 saturated heterocycles. The van der Waals surface area contributed by atoms with Crippen LogP contribution in [0.1, 0.15) is 31.1 Å². The highest BCUT2D eigenvalue weighted by atomic mass is 16.5. The van der Waals surface area contributed by atoms with Crippen LogP contribution < -0.4 is 0 Å². The summed E-state index contributed by atoms with van der Waals surface area (Å²) in [5, 5.41) is 9.45. The first kappa shape index (κ1) is 15.6. The van der Waals surface area contributed by atoms with Crippen LogP contribution in [0.2, 0.25) is 0 Å². The lowest BCUT2D eigenvalue weighted by Crippen LogP contribution is -2.10. The molecule has 5 nitrogen and oxygen atoms in total. The lowest BCUT2D eigenvalue weighted by Gasteiger charge is -2.03. The van der Waals surface area contributed by atoms with Gasteiger partial charge >= 0.3 is 5.97 Å². The fourth-order valence-corrected chi connectivity index (χ4v) is 1.42.